The van der Waals surface area contributed by atoms with Crippen LogP contribution in [0.25, 0.3) is 22.3 Å². The van der Waals surface area contributed by atoms with Gasteiger partial charge in [-0.3, -0.25) is 19.5 Å². The van der Waals surface area contributed by atoms with Crippen LogP contribution in [0.5, 0.6) is 0 Å². The van der Waals surface area contributed by atoms with Crippen LogP contribution in [-0.2, 0) is 4.79 Å². The average molecular weight is 397 g/mol. The minimum Gasteiger partial charge on any atom is -0.326 e. The number of hydrogen-bond donors (Lipinski definition) is 2. The third-order valence-electron chi connectivity index (χ3n) is 4.94. The predicted molar refractivity (Wildman–Crippen MR) is 111 cm³/mol. The third-order valence-corrected chi connectivity index (χ3v) is 4.94. The first-order chi connectivity index (χ1) is 14.5. The van der Waals surface area contributed by atoms with Gasteiger partial charge < -0.3 is 5.32 Å². The number of benzene rings is 2. The molecule has 0 aliphatic carbocycles. The molecule has 2 aromatic heterocycles. The summed E-state index contributed by atoms with van der Waals surface area (Å²) < 4.78 is 0. The van der Waals surface area contributed by atoms with Gasteiger partial charge >= 0.3 is 0 Å². The van der Waals surface area contributed by atoms with Gasteiger partial charge in [-0.2, -0.15) is 5.10 Å². The molecule has 30 heavy (non-hydrogen) atoms. The van der Waals surface area contributed by atoms with E-state index in [9.17, 15) is 14.4 Å². The van der Waals surface area contributed by atoms with Gasteiger partial charge in [-0.15, -0.1) is 0 Å². The van der Waals surface area contributed by atoms with E-state index in [2.05, 4.69) is 20.5 Å². The van der Waals surface area contributed by atoms with Gasteiger partial charge in [0.2, 0.25) is 5.91 Å². The van der Waals surface area contributed by atoms with E-state index in [1.54, 1.807) is 24.3 Å². The van der Waals surface area contributed by atoms with Gasteiger partial charge in [-0.05, 0) is 24.3 Å². The summed E-state index contributed by atoms with van der Waals surface area (Å²) in [5.74, 6) is -1.09. The molecular formula is C22H15N5O3. The number of nitrogens with zero attached hydrogens (tertiary/aromatic N) is 3. The van der Waals surface area contributed by atoms with E-state index in [1.807, 2.05) is 30.3 Å². The van der Waals surface area contributed by atoms with Gasteiger partial charge in [-0.25, -0.2) is 9.88 Å². The molecule has 0 saturated carbocycles. The Morgan fingerprint density at radius 2 is 1.73 bits per heavy atom. The summed E-state index contributed by atoms with van der Waals surface area (Å²) in [7, 11) is 0. The van der Waals surface area contributed by atoms with Crippen molar-refractivity contribution in [3.63, 3.8) is 0 Å². The Morgan fingerprint density at radius 3 is 2.43 bits per heavy atom. The molecule has 146 valence electrons. The van der Waals surface area contributed by atoms with E-state index < -0.39 is 11.8 Å². The van der Waals surface area contributed by atoms with Crippen LogP contribution in [-0.4, -0.2) is 32.9 Å². The Hall–Kier alpha value is -4.33. The quantitative estimate of drug-likeness (QED) is 0.515. The van der Waals surface area contributed by atoms with Gasteiger partial charge in [-0.1, -0.05) is 30.3 Å². The molecule has 3 amide bonds. The van der Waals surface area contributed by atoms with E-state index >= 15 is 0 Å². The number of aromatic nitrogens is 3. The molecule has 1 aliphatic rings. The summed E-state index contributed by atoms with van der Waals surface area (Å²) in [5.41, 5.74) is 3.35. The van der Waals surface area contributed by atoms with Gasteiger partial charge in [0.1, 0.15) is 0 Å². The summed E-state index contributed by atoms with van der Waals surface area (Å²) in [4.78, 5) is 43.0. The Morgan fingerprint density at radius 1 is 1.00 bits per heavy atom. The second-order valence-corrected chi connectivity index (χ2v) is 6.88. The van der Waals surface area contributed by atoms with Crippen molar-refractivity contribution < 1.29 is 14.4 Å². The zero-order valence-corrected chi connectivity index (χ0v) is 15.8. The zero-order chi connectivity index (χ0) is 20.8. The summed E-state index contributed by atoms with van der Waals surface area (Å²) in [6.45, 7) is 1.41. The third kappa shape index (κ3) is 2.66. The maximum Gasteiger partial charge on any atom is 0.267 e. The molecule has 1 aliphatic heterocycles. The van der Waals surface area contributed by atoms with Crippen molar-refractivity contribution in [2.45, 2.75) is 6.92 Å². The van der Waals surface area contributed by atoms with Crippen molar-refractivity contribution in [1.82, 2.24) is 15.2 Å². The lowest BCUT2D eigenvalue weighted by molar-refractivity contribution is -0.114. The Labute approximate surface area is 170 Å². The monoisotopic (exact) mass is 397 g/mol. The molecule has 3 heterocycles. The molecule has 0 atom stereocenters. The number of aromatic amines is 1. The normalized spacial score (nSPS) is 13.0. The molecule has 0 radical (unpaired) electrons. The number of imide groups is 1. The molecule has 0 unspecified atom stereocenters. The van der Waals surface area contributed by atoms with Gasteiger partial charge in [0.05, 0.1) is 27.9 Å². The second-order valence-electron chi connectivity index (χ2n) is 6.88. The highest BCUT2D eigenvalue weighted by Gasteiger charge is 2.40. The number of carbonyl (C=O) groups is 3. The summed E-state index contributed by atoms with van der Waals surface area (Å²) in [5, 5.41) is 10.3. The topological polar surface area (TPSA) is 108 Å². The summed E-state index contributed by atoms with van der Waals surface area (Å²) in [6.07, 6.45) is 1.39. The van der Waals surface area contributed by atoms with E-state index in [4.69, 9.17) is 0 Å². The van der Waals surface area contributed by atoms with Crippen LogP contribution in [0.2, 0.25) is 0 Å². The molecule has 0 bridgehead atoms. The van der Waals surface area contributed by atoms with Crippen molar-refractivity contribution >= 4 is 40.1 Å². The van der Waals surface area contributed by atoms with Crippen LogP contribution in [0.15, 0.2) is 60.8 Å². The second kappa shape index (κ2) is 6.63. The maximum atomic E-state index is 13.3. The molecule has 2 aromatic carbocycles. The molecule has 8 nitrogen and oxygen atoms in total. The highest BCUT2D eigenvalue weighted by atomic mass is 16.2. The van der Waals surface area contributed by atoms with E-state index in [0.29, 0.717) is 28.1 Å². The van der Waals surface area contributed by atoms with Crippen LogP contribution >= 0.6 is 0 Å². The van der Waals surface area contributed by atoms with E-state index in [1.165, 1.54) is 13.1 Å². The maximum absolute atomic E-state index is 13.3. The van der Waals surface area contributed by atoms with Crippen LogP contribution < -0.4 is 10.2 Å². The van der Waals surface area contributed by atoms with Crippen molar-refractivity contribution in [3.8, 4) is 11.3 Å². The number of nitrogens with one attached hydrogen (secondary N) is 2. The minimum absolute atomic E-state index is 0.203. The molecule has 4 aromatic rings. The largest absolute Gasteiger partial charge is 0.326 e. The van der Waals surface area contributed by atoms with Crippen LogP contribution in [0.3, 0.4) is 0 Å². The fourth-order valence-electron chi connectivity index (χ4n) is 3.64. The van der Waals surface area contributed by atoms with Gasteiger partial charge in [0.25, 0.3) is 11.8 Å². The molecule has 0 saturated heterocycles. The summed E-state index contributed by atoms with van der Waals surface area (Å²) >= 11 is 0. The average Bonchev–Trinajstić information content (AvgIpc) is 3.28. The Kier molecular flexibility index (Phi) is 3.92. The smallest absolute Gasteiger partial charge is 0.267 e. The molecule has 8 heteroatoms. The SMILES string of the molecule is CC(=O)Nc1ccc(N2C(=O)c3cnc4n[nH]c(-c5ccccc5)c4c3C2=O)cc1. The van der Waals surface area contributed by atoms with Crippen LogP contribution in [0.1, 0.15) is 27.6 Å². The number of amides is 3. The lowest BCUT2D eigenvalue weighted by Crippen LogP contribution is -2.29. The predicted octanol–water partition coefficient (Wildman–Crippen LogP) is 3.38. The number of anilines is 2. The lowest BCUT2D eigenvalue weighted by atomic mass is 10.0. The lowest BCUT2D eigenvalue weighted by Gasteiger charge is -2.14. The minimum atomic E-state index is -0.447. The highest BCUT2D eigenvalue weighted by Crippen LogP contribution is 2.36. The van der Waals surface area contributed by atoms with Crippen molar-refractivity contribution in [1.29, 1.82) is 0 Å². The van der Waals surface area contributed by atoms with Crippen molar-refractivity contribution in [3.05, 3.63) is 71.9 Å². The Bertz CT molecular complexity index is 1330. The standard InChI is InChI=1S/C22H15N5O3/c1-12(28)24-14-7-9-15(10-8-14)27-21(29)16-11-23-20-18(17(16)22(27)30)19(25-26-20)13-5-3-2-4-6-13/h2-11H,1H3,(H,24,28)(H,23,25,26). The molecule has 0 spiro atoms. The van der Waals surface area contributed by atoms with E-state index in [0.717, 1.165) is 10.5 Å². The molecule has 5 rings (SSSR count). The number of fused-ring (bicyclic) bond motifs is 3. The van der Waals surface area contributed by atoms with Gasteiger partial charge in [0.15, 0.2) is 5.65 Å². The van der Waals surface area contributed by atoms with Crippen molar-refractivity contribution in [2.24, 2.45) is 0 Å². The fraction of sp³-hybridized carbons (Fsp3) is 0.0455. The zero-order valence-electron chi connectivity index (χ0n) is 15.8. The molecule has 2 N–H and O–H groups in total. The first-order valence-corrected chi connectivity index (χ1v) is 9.23. The molecule has 0 fully saturated rings. The van der Waals surface area contributed by atoms with Crippen LogP contribution in [0, 0.1) is 0 Å². The highest BCUT2D eigenvalue weighted by molar-refractivity contribution is 6.38. The first kappa shape index (κ1) is 17.7. The van der Waals surface area contributed by atoms with E-state index in [-0.39, 0.29) is 17.0 Å². The number of hydrogen-bond acceptors (Lipinski definition) is 5. The summed E-state index contributed by atoms with van der Waals surface area (Å²) in [6, 6.07) is 16.0. The fourth-order valence-corrected chi connectivity index (χ4v) is 3.64. The van der Waals surface area contributed by atoms with Crippen molar-refractivity contribution in [2.75, 3.05) is 10.2 Å². The van der Waals surface area contributed by atoms with Gasteiger partial charge in [0, 0.05) is 24.4 Å². The number of pyridine rings is 1. The number of H-pyrrole nitrogens is 1. The number of carbonyl (C=O) groups excluding carboxylic acids is 3. The molecular weight excluding hydrogens is 382 g/mol. The van der Waals surface area contributed by atoms with Crippen LogP contribution in [0.4, 0.5) is 11.4 Å². The number of rotatable bonds is 3. The Balaban J connectivity index is 1.62. The first-order valence-electron chi connectivity index (χ1n) is 9.23.